The minimum absolute atomic E-state index is 0. The maximum Gasteiger partial charge on any atom is 0.335 e. The average Bonchev–Trinajstić information content (AvgIpc) is 2.73. The van der Waals surface area contributed by atoms with E-state index >= 15 is 0 Å². The highest BCUT2D eigenvalue weighted by molar-refractivity contribution is 5.83. The molecule has 0 saturated heterocycles. The van der Waals surface area contributed by atoms with E-state index in [1.807, 2.05) is 12.1 Å². The Hall–Kier alpha value is -1.57. The van der Waals surface area contributed by atoms with Crippen molar-refractivity contribution < 1.29 is 12.4 Å². The van der Waals surface area contributed by atoms with Crippen molar-refractivity contribution in [3.05, 3.63) is 42.5 Å². The second-order valence-electron chi connectivity index (χ2n) is 8.73. The summed E-state index contributed by atoms with van der Waals surface area (Å²) in [5, 5.41) is 0. The number of carbonyl (C=O) groups is 1. The van der Waals surface area contributed by atoms with Gasteiger partial charge >= 0.3 is 5.97 Å². The van der Waals surface area contributed by atoms with Crippen LogP contribution in [0.5, 0.6) is 5.75 Å². The van der Waals surface area contributed by atoms with E-state index in [0.29, 0.717) is 11.7 Å². The molecular weight excluding hydrogens is 332 g/mol. The lowest BCUT2D eigenvalue weighted by molar-refractivity contribution is -0.128. The number of unbranched alkanes of at least 4 members (excludes halogenated alkanes) is 1. The lowest BCUT2D eigenvalue weighted by Crippen LogP contribution is -2.25. The van der Waals surface area contributed by atoms with E-state index in [9.17, 15) is 4.79 Å². The highest BCUT2D eigenvalue weighted by Gasteiger charge is 2.31. The zero-order chi connectivity index (χ0) is 19.1. The molecule has 3 rings (SSSR count). The fraction of sp³-hybridized carbons (Fsp3) is 0.640. The Morgan fingerprint density at radius 3 is 2.19 bits per heavy atom. The smallest absolute Gasteiger partial charge is 0.335 e. The number of hydrogen-bond acceptors (Lipinski definition) is 2. The Bertz CT molecular complexity index is 598. The van der Waals surface area contributed by atoms with Gasteiger partial charge in [0.2, 0.25) is 0 Å². The van der Waals surface area contributed by atoms with E-state index in [0.717, 1.165) is 17.8 Å². The van der Waals surface area contributed by atoms with Crippen molar-refractivity contribution in [2.45, 2.75) is 83.5 Å². The SMILES string of the molecule is C=CC(=O)Oc1ccc(C2CCC(C3CCC(CCCC)CC3)CC2)cc1.[HH].[HH]. The van der Waals surface area contributed by atoms with Gasteiger partial charge in [0.05, 0.1) is 0 Å². The molecule has 0 heterocycles. The Morgan fingerprint density at radius 1 is 1.04 bits per heavy atom. The normalized spacial score (nSPS) is 28.5. The molecule has 0 spiro atoms. The summed E-state index contributed by atoms with van der Waals surface area (Å²) in [7, 11) is 0. The Balaban J connectivity index is 0.00000210. The molecule has 0 aromatic heterocycles. The first-order valence-electron chi connectivity index (χ1n) is 11.1. The van der Waals surface area contributed by atoms with Crippen LogP contribution in [-0.4, -0.2) is 5.97 Å². The van der Waals surface area contributed by atoms with Crippen molar-refractivity contribution in [1.29, 1.82) is 0 Å². The van der Waals surface area contributed by atoms with E-state index < -0.39 is 5.97 Å². The number of hydrogen-bond donors (Lipinski definition) is 0. The molecule has 152 valence electrons. The standard InChI is InChI=1S/C25H36O2.2H2/c1-3-5-6-19-7-9-20(10-8-19)21-11-13-22(14-12-21)23-15-17-24(18-16-23)27-25(26)4-2;;/h4,15-22H,2-3,5-14H2,1H3;2*1H. The van der Waals surface area contributed by atoms with Gasteiger partial charge in [-0.3, -0.25) is 0 Å². The van der Waals surface area contributed by atoms with Crippen LogP contribution in [0.15, 0.2) is 36.9 Å². The van der Waals surface area contributed by atoms with Gasteiger partial charge in [-0.05, 0) is 79.9 Å². The molecule has 1 aromatic rings. The van der Waals surface area contributed by atoms with Gasteiger partial charge in [0.1, 0.15) is 5.75 Å². The first kappa shape index (κ1) is 20.2. The predicted molar refractivity (Wildman–Crippen MR) is 116 cm³/mol. The molecule has 2 heteroatoms. The molecule has 2 nitrogen and oxygen atoms in total. The average molecular weight is 373 g/mol. The van der Waals surface area contributed by atoms with Crippen LogP contribution in [0.2, 0.25) is 0 Å². The van der Waals surface area contributed by atoms with Crippen LogP contribution >= 0.6 is 0 Å². The van der Waals surface area contributed by atoms with E-state index in [4.69, 9.17) is 4.74 Å². The molecule has 27 heavy (non-hydrogen) atoms. The van der Waals surface area contributed by atoms with E-state index in [-0.39, 0.29) is 2.85 Å². The number of ether oxygens (including phenoxy) is 1. The minimum Gasteiger partial charge on any atom is -0.423 e. The Labute approximate surface area is 168 Å². The van der Waals surface area contributed by atoms with Crippen LogP contribution in [0.3, 0.4) is 0 Å². The zero-order valence-corrected chi connectivity index (χ0v) is 17.0. The fourth-order valence-corrected chi connectivity index (χ4v) is 5.33. The fourth-order valence-electron chi connectivity index (χ4n) is 5.33. The molecule has 0 aliphatic heterocycles. The Kier molecular flexibility index (Phi) is 7.55. The molecular formula is C25H40O2. The van der Waals surface area contributed by atoms with E-state index in [2.05, 4.69) is 25.6 Å². The molecule has 0 unspecified atom stereocenters. The van der Waals surface area contributed by atoms with Gasteiger partial charge in [0.25, 0.3) is 0 Å². The van der Waals surface area contributed by atoms with Gasteiger partial charge in [-0.15, -0.1) is 0 Å². The third-order valence-corrected chi connectivity index (χ3v) is 7.03. The topological polar surface area (TPSA) is 26.3 Å². The lowest BCUT2D eigenvalue weighted by atomic mass is 9.68. The van der Waals surface area contributed by atoms with Crippen molar-refractivity contribution in [2.24, 2.45) is 17.8 Å². The summed E-state index contributed by atoms with van der Waals surface area (Å²) in [6.07, 6.45) is 16.8. The number of esters is 1. The van der Waals surface area contributed by atoms with Gasteiger partial charge < -0.3 is 4.74 Å². The van der Waals surface area contributed by atoms with Crippen LogP contribution < -0.4 is 4.74 Å². The van der Waals surface area contributed by atoms with Gasteiger partial charge in [0, 0.05) is 8.93 Å². The highest BCUT2D eigenvalue weighted by atomic mass is 16.5. The van der Waals surface area contributed by atoms with Crippen molar-refractivity contribution in [3.8, 4) is 5.75 Å². The third kappa shape index (κ3) is 5.70. The summed E-state index contributed by atoms with van der Waals surface area (Å²) >= 11 is 0. The lowest BCUT2D eigenvalue weighted by Gasteiger charge is -2.38. The maximum absolute atomic E-state index is 11.3. The van der Waals surface area contributed by atoms with Crippen molar-refractivity contribution >= 4 is 5.97 Å². The monoisotopic (exact) mass is 372 g/mol. The molecule has 1 aromatic carbocycles. The zero-order valence-electron chi connectivity index (χ0n) is 17.0. The molecule has 0 atom stereocenters. The summed E-state index contributed by atoms with van der Waals surface area (Å²) in [6, 6.07) is 8.10. The number of benzene rings is 1. The molecule has 0 bridgehead atoms. The van der Waals surface area contributed by atoms with Crippen LogP contribution in [0.25, 0.3) is 0 Å². The van der Waals surface area contributed by atoms with Gasteiger partial charge in [-0.2, -0.15) is 0 Å². The molecule has 0 radical (unpaired) electrons. The first-order valence-corrected chi connectivity index (χ1v) is 11.1. The summed E-state index contributed by atoms with van der Waals surface area (Å²) < 4.78 is 5.18. The molecule has 0 N–H and O–H groups in total. The maximum atomic E-state index is 11.3. The quantitative estimate of drug-likeness (QED) is 0.281. The van der Waals surface area contributed by atoms with E-state index in [1.165, 1.54) is 82.3 Å². The highest BCUT2D eigenvalue weighted by Crippen LogP contribution is 2.44. The van der Waals surface area contributed by atoms with Gasteiger partial charge in [-0.1, -0.05) is 57.7 Å². The van der Waals surface area contributed by atoms with E-state index in [1.54, 1.807) is 0 Å². The van der Waals surface area contributed by atoms with Crippen molar-refractivity contribution in [1.82, 2.24) is 0 Å². The number of carbonyl (C=O) groups excluding carboxylic acids is 1. The summed E-state index contributed by atoms with van der Waals surface area (Å²) in [6.45, 7) is 5.75. The second-order valence-corrected chi connectivity index (χ2v) is 8.73. The van der Waals surface area contributed by atoms with Crippen LogP contribution in [-0.2, 0) is 4.79 Å². The van der Waals surface area contributed by atoms with Crippen molar-refractivity contribution in [3.63, 3.8) is 0 Å². The van der Waals surface area contributed by atoms with Crippen molar-refractivity contribution in [2.75, 3.05) is 0 Å². The summed E-state index contributed by atoms with van der Waals surface area (Å²) in [4.78, 5) is 11.3. The molecule has 2 aliphatic carbocycles. The minimum atomic E-state index is -0.396. The molecule has 0 amide bonds. The first-order chi connectivity index (χ1) is 13.2. The molecule has 2 fully saturated rings. The number of rotatable bonds is 7. The van der Waals surface area contributed by atoms with Crippen LogP contribution in [0.1, 0.15) is 91.9 Å². The largest absolute Gasteiger partial charge is 0.423 e. The summed E-state index contributed by atoms with van der Waals surface area (Å²) in [5.74, 6) is 3.85. The van der Waals surface area contributed by atoms with Crippen LogP contribution in [0.4, 0.5) is 0 Å². The Morgan fingerprint density at radius 2 is 1.63 bits per heavy atom. The van der Waals surface area contributed by atoms with Gasteiger partial charge in [0.15, 0.2) is 0 Å². The predicted octanol–water partition coefficient (Wildman–Crippen LogP) is 7.54. The molecule has 2 saturated carbocycles. The molecule has 2 aliphatic rings. The second kappa shape index (κ2) is 10.1. The van der Waals surface area contributed by atoms with Crippen LogP contribution in [0, 0.1) is 17.8 Å². The van der Waals surface area contributed by atoms with Gasteiger partial charge in [-0.25, -0.2) is 4.79 Å². The summed E-state index contributed by atoms with van der Waals surface area (Å²) in [5.41, 5.74) is 1.40. The third-order valence-electron chi connectivity index (χ3n) is 7.03.